The van der Waals surface area contributed by atoms with Gasteiger partial charge in [0.25, 0.3) is 0 Å². The predicted octanol–water partition coefficient (Wildman–Crippen LogP) is 19.6. The van der Waals surface area contributed by atoms with Crippen LogP contribution in [-0.2, 0) is 33.3 Å². The molecule has 0 aliphatic carbocycles. The zero-order chi connectivity index (χ0) is 59.1. The van der Waals surface area contributed by atoms with Gasteiger partial charge in [-0.15, -0.1) is 0 Å². The number of esters is 2. The number of rotatable bonds is 63. The molecule has 0 aromatic rings. The predicted molar refractivity (Wildman–Crippen MR) is 343 cm³/mol. The number of carbonyl (C=O) groups excluding carboxylic acids is 3. The molecule has 81 heavy (non-hydrogen) atoms. The van der Waals surface area contributed by atoms with E-state index in [1.807, 2.05) is 21.1 Å². The molecule has 0 heterocycles. The number of likely N-dealkylation sites (N-methyl/N-ethyl adjacent to an activating group) is 1. The maximum absolute atomic E-state index is 12.9. The Morgan fingerprint density at radius 1 is 0.383 bits per heavy atom. The van der Waals surface area contributed by atoms with Gasteiger partial charge in [-0.2, -0.15) is 0 Å². The molecule has 0 bridgehead atoms. The van der Waals surface area contributed by atoms with Crippen molar-refractivity contribution in [1.29, 1.82) is 0 Å². The van der Waals surface area contributed by atoms with E-state index in [0.29, 0.717) is 23.9 Å². The van der Waals surface area contributed by atoms with E-state index in [4.69, 9.17) is 18.9 Å². The summed E-state index contributed by atoms with van der Waals surface area (Å²) in [5, 5.41) is 11.8. The molecule has 0 rings (SSSR count). The lowest BCUT2D eigenvalue weighted by Gasteiger charge is -2.26. The summed E-state index contributed by atoms with van der Waals surface area (Å²) >= 11 is 0. The molecule has 0 saturated carbocycles. The van der Waals surface area contributed by atoms with Crippen molar-refractivity contribution < 1.29 is 42.9 Å². The maximum atomic E-state index is 12.9. The molecule has 2 atom stereocenters. The number of carboxylic acid groups (broad SMARTS) is 1. The molecule has 0 fully saturated rings. The van der Waals surface area contributed by atoms with Crippen LogP contribution in [0.15, 0.2) is 72.9 Å². The molecule has 9 nitrogen and oxygen atoms in total. The number of hydrogen-bond acceptors (Lipinski definition) is 8. The number of quaternary nitrogens is 1. The molecule has 0 aliphatic rings. The van der Waals surface area contributed by atoms with Crippen molar-refractivity contribution in [2.75, 3.05) is 47.5 Å². The monoisotopic (exact) mass is 1140 g/mol. The van der Waals surface area contributed by atoms with Crippen LogP contribution in [0, 0.1) is 0 Å². The molecule has 0 N–H and O–H groups in total. The van der Waals surface area contributed by atoms with E-state index in [1.54, 1.807) is 0 Å². The van der Waals surface area contributed by atoms with Crippen LogP contribution in [0.5, 0.6) is 0 Å². The number of nitrogens with zero attached hydrogens (tertiary/aromatic N) is 1. The quantitative estimate of drug-likeness (QED) is 0.0195. The molecular formula is C72H129NO8. The lowest BCUT2D eigenvalue weighted by Crippen LogP contribution is -2.44. The molecular weight excluding hydrogens is 1010 g/mol. The molecule has 0 saturated heterocycles. The van der Waals surface area contributed by atoms with Gasteiger partial charge in [0.2, 0.25) is 0 Å². The SMILES string of the molecule is CC/C=C\C/C=C\C/C=C\C/C=C\C/C=C\C/C=C\CCCCCCCCCCCCCCCCC(=O)OC(COC(=O)CCCCCCCCCCCCCCCCCCCCCCCCC)COC(OCC[N+](C)(C)C)C(=O)[O-]. The first-order valence-electron chi connectivity index (χ1n) is 34.1. The molecule has 0 spiro atoms. The lowest BCUT2D eigenvalue weighted by molar-refractivity contribution is -0.870. The van der Waals surface area contributed by atoms with E-state index in [2.05, 4.69) is 86.8 Å². The summed E-state index contributed by atoms with van der Waals surface area (Å²) in [4.78, 5) is 37.5. The normalized spacial score (nSPS) is 13.1. The molecule has 0 aromatic heterocycles. The van der Waals surface area contributed by atoms with Crippen LogP contribution in [0.2, 0.25) is 0 Å². The number of carboxylic acids is 1. The number of aliphatic carboxylic acids is 1. The summed E-state index contributed by atoms with van der Waals surface area (Å²) in [5.41, 5.74) is 0. The van der Waals surface area contributed by atoms with E-state index in [-0.39, 0.29) is 32.2 Å². The van der Waals surface area contributed by atoms with Crippen LogP contribution in [0.1, 0.15) is 309 Å². The Bertz CT molecular complexity index is 1560. The fourth-order valence-corrected chi connectivity index (χ4v) is 9.78. The van der Waals surface area contributed by atoms with Gasteiger partial charge in [-0.05, 0) is 64.2 Å². The van der Waals surface area contributed by atoms with E-state index in [9.17, 15) is 19.5 Å². The van der Waals surface area contributed by atoms with E-state index >= 15 is 0 Å². The fraction of sp³-hybridized carbons (Fsp3) is 0.792. The highest BCUT2D eigenvalue weighted by molar-refractivity contribution is 5.70. The smallest absolute Gasteiger partial charge is 0.306 e. The zero-order valence-electron chi connectivity index (χ0n) is 53.7. The Balaban J connectivity index is 4.11. The lowest BCUT2D eigenvalue weighted by atomic mass is 10.0. The van der Waals surface area contributed by atoms with E-state index < -0.39 is 24.3 Å². The molecule has 470 valence electrons. The van der Waals surface area contributed by atoms with Gasteiger partial charge in [0.15, 0.2) is 12.4 Å². The second-order valence-corrected chi connectivity index (χ2v) is 24.1. The highest BCUT2D eigenvalue weighted by Gasteiger charge is 2.22. The van der Waals surface area contributed by atoms with Crippen molar-refractivity contribution in [3.63, 3.8) is 0 Å². The van der Waals surface area contributed by atoms with Gasteiger partial charge < -0.3 is 33.3 Å². The Kier molecular flexibility index (Phi) is 60.2. The molecule has 0 aromatic carbocycles. The summed E-state index contributed by atoms with van der Waals surface area (Å²) in [6.45, 7) is 4.68. The van der Waals surface area contributed by atoms with Crippen molar-refractivity contribution >= 4 is 17.9 Å². The van der Waals surface area contributed by atoms with Gasteiger partial charge in [-0.1, -0.05) is 305 Å². The third-order valence-corrected chi connectivity index (χ3v) is 15.0. The first-order valence-corrected chi connectivity index (χ1v) is 34.1. The number of ether oxygens (including phenoxy) is 4. The van der Waals surface area contributed by atoms with Gasteiger partial charge in [-0.25, -0.2) is 0 Å². The Morgan fingerprint density at radius 3 is 1.05 bits per heavy atom. The van der Waals surface area contributed by atoms with Crippen LogP contribution in [0.25, 0.3) is 0 Å². The summed E-state index contributed by atoms with van der Waals surface area (Å²) < 4.78 is 22.8. The highest BCUT2D eigenvalue weighted by atomic mass is 16.7. The minimum atomic E-state index is -1.62. The van der Waals surface area contributed by atoms with Gasteiger partial charge >= 0.3 is 11.9 Å². The highest BCUT2D eigenvalue weighted by Crippen LogP contribution is 2.18. The second-order valence-electron chi connectivity index (χ2n) is 24.1. The van der Waals surface area contributed by atoms with Crippen LogP contribution in [-0.4, -0.2) is 82.3 Å². The first-order chi connectivity index (χ1) is 39.6. The third kappa shape index (κ3) is 64.1. The van der Waals surface area contributed by atoms with Crippen molar-refractivity contribution in [1.82, 2.24) is 0 Å². The molecule has 0 amide bonds. The van der Waals surface area contributed by atoms with Crippen molar-refractivity contribution in [2.45, 2.75) is 322 Å². The minimum absolute atomic E-state index is 0.148. The summed E-state index contributed by atoms with van der Waals surface area (Å²) in [5.74, 6) is -2.27. The number of unbranched alkanes of at least 4 members (excludes halogenated alkanes) is 36. The average Bonchev–Trinajstić information content (AvgIpc) is 3.44. The zero-order valence-corrected chi connectivity index (χ0v) is 53.7. The number of allylic oxidation sites excluding steroid dienone is 12. The van der Waals surface area contributed by atoms with Crippen LogP contribution < -0.4 is 5.11 Å². The Hall–Kier alpha value is -3.27. The average molecular weight is 1140 g/mol. The van der Waals surface area contributed by atoms with E-state index in [0.717, 1.165) is 77.0 Å². The molecule has 0 aliphatic heterocycles. The topological polar surface area (TPSA) is 111 Å². The summed E-state index contributed by atoms with van der Waals surface area (Å²) in [6, 6.07) is 0. The second kappa shape index (κ2) is 62.8. The fourth-order valence-electron chi connectivity index (χ4n) is 9.78. The van der Waals surface area contributed by atoms with Crippen LogP contribution in [0.3, 0.4) is 0 Å². The number of carbonyl (C=O) groups is 3. The van der Waals surface area contributed by atoms with Gasteiger partial charge in [0, 0.05) is 12.8 Å². The van der Waals surface area contributed by atoms with Crippen LogP contribution in [0.4, 0.5) is 0 Å². The molecule has 0 radical (unpaired) electrons. The largest absolute Gasteiger partial charge is 0.545 e. The van der Waals surface area contributed by atoms with Crippen molar-refractivity contribution in [2.24, 2.45) is 0 Å². The minimum Gasteiger partial charge on any atom is -0.545 e. The van der Waals surface area contributed by atoms with Gasteiger partial charge in [0.05, 0.1) is 40.3 Å². The first kappa shape index (κ1) is 77.7. The summed E-state index contributed by atoms with van der Waals surface area (Å²) in [7, 11) is 5.94. The molecule has 9 heteroatoms. The Labute approximate surface area is 500 Å². The standard InChI is InChI=1S/C72H129NO8/c1-6-8-10-12-14-16-18-20-22-24-26-28-30-31-32-33-34-35-36-37-38-39-41-43-45-47-49-51-53-55-57-59-61-63-70(75)81-68(67-80-72(71(76)77)78-65-64-73(3,4)5)66-79-69(74)62-60-58-56-54-52-50-48-46-44-42-40-29-27-25-23-21-19-17-15-13-11-9-7-2/h8,10,14,16,20,22,26,28,31-32,34-35,68,72H,6-7,9,11-13,15,17-19,21,23-25,27,29-30,33,36-67H2,1-5H3/b10-8-,16-14-,22-20-,28-26-,32-31-,35-34-. The van der Waals surface area contributed by atoms with Crippen LogP contribution >= 0.6 is 0 Å². The summed E-state index contributed by atoms with van der Waals surface area (Å²) in [6.07, 6.45) is 79.7. The van der Waals surface area contributed by atoms with Crippen molar-refractivity contribution in [3.05, 3.63) is 72.9 Å². The third-order valence-electron chi connectivity index (χ3n) is 15.0. The van der Waals surface area contributed by atoms with Gasteiger partial charge in [-0.3, -0.25) is 9.59 Å². The van der Waals surface area contributed by atoms with Gasteiger partial charge in [0.1, 0.15) is 13.2 Å². The van der Waals surface area contributed by atoms with E-state index in [1.165, 1.54) is 199 Å². The molecule has 2 unspecified atom stereocenters. The number of hydrogen-bond donors (Lipinski definition) is 0. The Morgan fingerprint density at radius 2 is 0.704 bits per heavy atom. The van der Waals surface area contributed by atoms with Crippen molar-refractivity contribution in [3.8, 4) is 0 Å². The maximum Gasteiger partial charge on any atom is 0.306 e.